The lowest BCUT2D eigenvalue weighted by atomic mass is 9.62. The highest BCUT2D eigenvalue weighted by molar-refractivity contribution is 6.17. The molecular formula is C26H35FN6O3. The summed E-state index contributed by atoms with van der Waals surface area (Å²) in [5.41, 5.74) is 13.0. The average molecular weight is 499 g/mol. The molecule has 194 valence electrons. The number of allylic oxidation sites excluding steroid dienone is 2. The number of hydrogen-bond donors (Lipinski definition) is 2. The third-order valence-electron chi connectivity index (χ3n) is 7.56. The van der Waals surface area contributed by atoms with Crippen molar-refractivity contribution in [2.24, 2.45) is 21.9 Å². The first-order chi connectivity index (χ1) is 17.2. The second-order valence-corrected chi connectivity index (χ2v) is 9.97. The molecule has 2 heterocycles. The Bertz CT molecular complexity index is 1110. The van der Waals surface area contributed by atoms with Gasteiger partial charge < -0.3 is 16.2 Å². The molecule has 36 heavy (non-hydrogen) atoms. The van der Waals surface area contributed by atoms with E-state index in [0.717, 1.165) is 12.8 Å². The summed E-state index contributed by atoms with van der Waals surface area (Å²) >= 11 is 0. The van der Waals surface area contributed by atoms with Crippen molar-refractivity contribution >= 4 is 29.2 Å². The van der Waals surface area contributed by atoms with Gasteiger partial charge in [-0.3, -0.25) is 19.5 Å². The number of alkyl halides is 1. The first kappa shape index (κ1) is 25.9. The Morgan fingerprint density at radius 3 is 2.72 bits per heavy atom. The summed E-state index contributed by atoms with van der Waals surface area (Å²) in [5, 5.41) is 0. The van der Waals surface area contributed by atoms with Crippen LogP contribution in [0.2, 0.25) is 0 Å². The van der Waals surface area contributed by atoms with Gasteiger partial charge in [-0.1, -0.05) is 6.42 Å². The summed E-state index contributed by atoms with van der Waals surface area (Å²) in [4.78, 5) is 41.3. The maximum atomic E-state index is 13.8. The van der Waals surface area contributed by atoms with Gasteiger partial charge in [-0.15, -0.1) is 0 Å². The van der Waals surface area contributed by atoms with Gasteiger partial charge >= 0.3 is 0 Å². The van der Waals surface area contributed by atoms with Gasteiger partial charge in [-0.25, -0.2) is 9.37 Å². The first-order valence-electron chi connectivity index (χ1n) is 12.6. The van der Waals surface area contributed by atoms with Crippen LogP contribution in [-0.2, 0) is 9.59 Å². The van der Waals surface area contributed by atoms with Crippen LogP contribution < -0.4 is 16.2 Å². The lowest BCUT2D eigenvalue weighted by Gasteiger charge is -2.38. The summed E-state index contributed by atoms with van der Waals surface area (Å²) < 4.78 is 19.7. The van der Waals surface area contributed by atoms with Crippen molar-refractivity contribution in [2.75, 3.05) is 27.2 Å². The molecule has 3 aliphatic rings. The summed E-state index contributed by atoms with van der Waals surface area (Å²) in [6.07, 6.45) is 7.01. The van der Waals surface area contributed by atoms with Gasteiger partial charge in [-0.2, -0.15) is 4.98 Å². The second kappa shape index (κ2) is 10.9. The van der Waals surface area contributed by atoms with Gasteiger partial charge in [0.15, 0.2) is 11.6 Å². The van der Waals surface area contributed by atoms with Gasteiger partial charge in [0, 0.05) is 43.9 Å². The van der Waals surface area contributed by atoms with Crippen molar-refractivity contribution < 1.29 is 18.7 Å². The predicted octanol–water partition coefficient (Wildman–Crippen LogP) is 2.45. The van der Waals surface area contributed by atoms with Crippen molar-refractivity contribution in [1.82, 2.24) is 14.9 Å². The lowest BCUT2D eigenvalue weighted by molar-refractivity contribution is -0.143. The van der Waals surface area contributed by atoms with E-state index in [-0.39, 0.29) is 41.6 Å². The molecule has 0 unspecified atom stereocenters. The molecular weight excluding hydrogens is 463 g/mol. The molecule has 1 spiro atoms. The number of nitrogens with two attached hydrogens (primary N) is 2. The number of nitrogens with zero attached hydrogens (tertiary/aromatic N) is 4. The molecule has 9 nitrogen and oxygen atoms in total. The molecule has 3 fully saturated rings. The van der Waals surface area contributed by atoms with Crippen molar-refractivity contribution in [2.45, 2.75) is 63.6 Å². The molecule has 4 N–H and O–H groups in total. The summed E-state index contributed by atoms with van der Waals surface area (Å²) in [5.74, 6) is 0.167. The van der Waals surface area contributed by atoms with E-state index in [1.165, 1.54) is 6.21 Å². The zero-order chi connectivity index (χ0) is 25.9. The van der Waals surface area contributed by atoms with E-state index in [0.29, 0.717) is 62.0 Å². The third kappa shape index (κ3) is 5.18. The molecule has 3 atom stereocenters. The van der Waals surface area contributed by atoms with Crippen LogP contribution in [0.25, 0.3) is 11.4 Å². The number of likely N-dealkylation sites (N-methyl/N-ethyl adjacent to an activating group) is 1. The van der Waals surface area contributed by atoms with E-state index in [2.05, 4.69) is 15.0 Å². The number of hydrogen-bond acceptors (Lipinski definition) is 9. The van der Waals surface area contributed by atoms with Gasteiger partial charge in [0.2, 0.25) is 5.88 Å². The maximum absolute atomic E-state index is 13.8. The minimum Gasteiger partial charge on any atom is -0.476 e. The van der Waals surface area contributed by atoms with Crippen LogP contribution in [0.15, 0.2) is 22.7 Å². The number of likely N-dealkylation sites (tertiary alicyclic amines) is 1. The van der Waals surface area contributed by atoms with Crippen LogP contribution >= 0.6 is 0 Å². The molecule has 1 aromatic heterocycles. The highest BCUT2D eigenvalue weighted by atomic mass is 19.1. The van der Waals surface area contributed by atoms with E-state index in [9.17, 15) is 14.0 Å². The van der Waals surface area contributed by atoms with E-state index in [1.807, 2.05) is 11.9 Å². The minimum atomic E-state index is -0.972. The Balaban J connectivity index is 1.69. The van der Waals surface area contributed by atoms with Crippen LogP contribution in [0.1, 0.15) is 62.9 Å². The van der Waals surface area contributed by atoms with Crippen LogP contribution in [0.4, 0.5) is 4.39 Å². The van der Waals surface area contributed by atoms with Gasteiger partial charge in [0.05, 0.1) is 22.5 Å². The summed E-state index contributed by atoms with van der Waals surface area (Å²) in [7, 11) is 3.48. The predicted molar refractivity (Wildman–Crippen MR) is 136 cm³/mol. The first-order valence-corrected chi connectivity index (χ1v) is 12.6. The monoisotopic (exact) mass is 498 g/mol. The number of rotatable bonds is 6. The third-order valence-corrected chi connectivity index (χ3v) is 7.56. The Hall–Kier alpha value is -3.14. The molecule has 1 aromatic rings. The number of aromatic nitrogens is 2. The molecule has 4 rings (SSSR count). The van der Waals surface area contributed by atoms with Gasteiger partial charge in [0.1, 0.15) is 18.6 Å². The molecule has 1 saturated heterocycles. The fourth-order valence-corrected chi connectivity index (χ4v) is 5.47. The second-order valence-electron chi connectivity index (χ2n) is 9.97. The minimum absolute atomic E-state index is 0.0142. The largest absolute Gasteiger partial charge is 0.476 e. The number of carbonyl (C=O) groups excluding carboxylic acids is 2. The lowest BCUT2D eigenvalue weighted by Crippen LogP contribution is -2.45. The van der Waals surface area contributed by atoms with Gasteiger partial charge in [0.25, 0.3) is 0 Å². The van der Waals surface area contributed by atoms with Crippen LogP contribution in [-0.4, -0.2) is 72.1 Å². The van der Waals surface area contributed by atoms with Crippen LogP contribution in [0.5, 0.6) is 5.88 Å². The van der Waals surface area contributed by atoms with Crippen molar-refractivity contribution in [3.63, 3.8) is 0 Å². The SMILES string of the molecule is CN=C/C=C(\N)c1cc(OC[C@@H]2C[C@H](F)CN2C)nc(/C(N)=C2\CCC[C@@]3(CCCCC3=O)C2=O)n1. The van der Waals surface area contributed by atoms with Gasteiger partial charge in [-0.05, 0) is 51.6 Å². The number of halogens is 1. The number of carbonyl (C=O) groups is 2. The molecule has 10 heteroatoms. The number of ketones is 2. The zero-order valence-electron chi connectivity index (χ0n) is 21.0. The number of Topliss-reactive ketones (excluding diaryl/α,β-unsaturated/α-hetero) is 2. The molecule has 0 radical (unpaired) electrons. The van der Waals surface area contributed by atoms with Crippen molar-refractivity contribution in [1.29, 1.82) is 0 Å². The van der Waals surface area contributed by atoms with E-state index in [1.54, 1.807) is 19.2 Å². The van der Waals surface area contributed by atoms with Crippen LogP contribution in [0, 0.1) is 5.41 Å². The zero-order valence-corrected chi connectivity index (χ0v) is 21.0. The summed E-state index contributed by atoms with van der Waals surface area (Å²) in [6.45, 7) is 0.599. The average Bonchev–Trinajstić information content (AvgIpc) is 3.20. The Kier molecular flexibility index (Phi) is 7.82. The fourth-order valence-electron chi connectivity index (χ4n) is 5.47. The molecule has 2 aliphatic carbocycles. The molecule has 0 bridgehead atoms. The topological polar surface area (TPSA) is 137 Å². The Morgan fingerprint density at radius 1 is 1.25 bits per heavy atom. The smallest absolute Gasteiger partial charge is 0.217 e. The quantitative estimate of drug-likeness (QED) is 0.347. The Labute approximate surface area is 210 Å². The molecule has 0 amide bonds. The number of aliphatic imine (C=N–C) groups is 1. The number of ether oxygens (including phenoxy) is 1. The Morgan fingerprint density at radius 2 is 2.03 bits per heavy atom. The normalized spacial score (nSPS) is 29.4. The molecule has 0 aromatic carbocycles. The van der Waals surface area contributed by atoms with Crippen LogP contribution in [0.3, 0.4) is 0 Å². The highest BCUT2D eigenvalue weighted by Crippen LogP contribution is 2.45. The van der Waals surface area contributed by atoms with Crippen molar-refractivity contribution in [3.8, 4) is 5.88 Å². The van der Waals surface area contributed by atoms with E-state index in [4.69, 9.17) is 16.2 Å². The molecule has 1 aliphatic heterocycles. The molecule has 2 saturated carbocycles. The highest BCUT2D eigenvalue weighted by Gasteiger charge is 2.49. The summed E-state index contributed by atoms with van der Waals surface area (Å²) in [6, 6.07) is 1.50. The van der Waals surface area contributed by atoms with E-state index >= 15 is 0 Å². The van der Waals surface area contributed by atoms with Crippen molar-refractivity contribution in [3.05, 3.63) is 29.2 Å². The maximum Gasteiger partial charge on any atom is 0.217 e. The fraction of sp³-hybridized carbons (Fsp3) is 0.577. The van der Waals surface area contributed by atoms with E-state index < -0.39 is 11.6 Å². The standard InChI is InChI=1S/C26H35FN6O3/c1-30-11-8-19(28)20-13-22(36-15-17-12-16(27)14-33(17)2)32-25(31-20)23(29)18-6-5-10-26(24(18)35)9-4-3-7-21(26)34/h8,11,13,16-17H,3-7,9-10,12,14-15,28-29H2,1-2H3/b19-8-,23-18-,30-11?/t16-,17-,26+/m0/s1.